The van der Waals surface area contributed by atoms with E-state index in [-0.39, 0.29) is 51.3 Å². The standard InChI is InChI=1S/C46H26O2/c1-2-12-28-27(11-1)23-24-30-29(28)18-9-19-32(30)44-33-14-3-5-16-35(33)45(36-17-6-4-15-34(36)44)38-21-10-20-37-40-25-39-31-13-7-8-22-41(31)47-42(39)26-43(40)48-46(37)38/h1-26H/i3D,4D,5D,6D,14D,15D,16D,17D. The minimum atomic E-state index is -0.456. The summed E-state index contributed by atoms with van der Waals surface area (Å²) in [6.07, 6.45) is 0. The molecule has 0 spiro atoms. The molecule has 0 aliphatic heterocycles. The predicted octanol–water partition coefficient (Wildman–Crippen LogP) is 13.4. The Bertz CT molecular complexity index is 3500. The topological polar surface area (TPSA) is 26.3 Å². The van der Waals surface area contributed by atoms with Gasteiger partial charge >= 0.3 is 0 Å². The summed E-state index contributed by atoms with van der Waals surface area (Å²) < 4.78 is 86.4. The van der Waals surface area contributed by atoms with Gasteiger partial charge in [-0.25, -0.2) is 0 Å². The number of hydrogen-bond acceptors (Lipinski definition) is 2. The molecular formula is C46H26O2. The zero-order valence-corrected chi connectivity index (χ0v) is 25.2. The Balaban J connectivity index is 1.36. The second-order valence-electron chi connectivity index (χ2n) is 12.2. The maximum absolute atomic E-state index is 9.48. The Kier molecular flexibility index (Phi) is 3.85. The monoisotopic (exact) mass is 618 g/mol. The van der Waals surface area contributed by atoms with Crippen molar-refractivity contribution in [2.24, 2.45) is 0 Å². The molecule has 0 saturated heterocycles. The lowest BCUT2D eigenvalue weighted by Crippen LogP contribution is -1.92. The van der Waals surface area contributed by atoms with Crippen molar-refractivity contribution in [3.8, 4) is 22.3 Å². The molecule has 0 N–H and O–H groups in total. The average Bonchev–Trinajstić information content (AvgIpc) is 3.78. The van der Waals surface area contributed by atoms with Gasteiger partial charge in [-0.2, -0.15) is 0 Å². The summed E-state index contributed by atoms with van der Waals surface area (Å²) in [7, 11) is 0. The van der Waals surface area contributed by atoms with Crippen LogP contribution in [0, 0.1) is 0 Å². The van der Waals surface area contributed by atoms with E-state index in [2.05, 4.69) is 0 Å². The molecule has 48 heavy (non-hydrogen) atoms. The van der Waals surface area contributed by atoms with Crippen molar-refractivity contribution in [1.82, 2.24) is 0 Å². The van der Waals surface area contributed by atoms with Gasteiger partial charge in [0, 0.05) is 38.7 Å². The normalized spacial score (nSPS) is 14.5. The number of rotatable bonds is 2. The lowest BCUT2D eigenvalue weighted by molar-refractivity contribution is 0.656. The van der Waals surface area contributed by atoms with Crippen LogP contribution in [0.1, 0.15) is 11.0 Å². The zero-order valence-electron chi connectivity index (χ0n) is 33.2. The van der Waals surface area contributed by atoms with E-state index in [9.17, 15) is 5.48 Å². The Labute approximate surface area is 286 Å². The van der Waals surface area contributed by atoms with Crippen molar-refractivity contribution < 1.29 is 19.8 Å². The van der Waals surface area contributed by atoms with Gasteiger partial charge in [-0.1, -0.05) is 139 Å². The van der Waals surface area contributed by atoms with E-state index >= 15 is 0 Å². The van der Waals surface area contributed by atoms with Crippen LogP contribution in [0.5, 0.6) is 0 Å². The second kappa shape index (κ2) is 9.57. The van der Waals surface area contributed by atoms with Crippen LogP contribution >= 0.6 is 0 Å². The van der Waals surface area contributed by atoms with Crippen molar-refractivity contribution >= 4 is 87.0 Å². The van der Waals surface area contributed by atoms with E-state index in [0.717, 1.165) is 48.7 Å². The maximum atomic E-state index is 9.48. The van der Waals surface area contributed by atoms with Crippen molar-refractivity contribution in [3.05, 3.63) is 158 Å². The van der Waals surface area contributed by atoms with E-state index in [1.807, 2.05) is 103 Å². The molecule has 222 valence electrons. The highest BCUT2D eigenvalue weighted by molar-refractivity contribution is 6.27. The number of fused-ring (bicyclic) bond motifs is 11. The van der Waals surface area contributed by atoms with Gasteiger partial charge in [0.2, 0.25) is 0 Å². The van der Waals surface area contributed by atoms with Gasteiger partial charge in [0.25, 0.3) is 0 Å². The molecule has 0 radical (unpaired) electrons. The van der Waals surface area contributed by atoms with Crippen molar-refractivity contribution in [2.45, 2.75) is 0 Å². The largest absolute Gasteiger partial charge is 0.456 e. The Hall–Kier alpha value is -6.38. The third-order valence-corrected chi connectivity index (χ3v) is 9.70. The molecule has 0 bridgehead atoms. The Morgan fingerprint density at radius 3 is 1.71 bits per heavy atom. The van der Waals surface area contributed by atoms with Crippen LogP contribution in [-0.2, 0) is 0 Å². The summed E-state index contributed by atoms with van der Waals surface area (Å²) in [5.41, 5.74) is 3.90. The maximum Gasteiger partial charge on any atom is 0.143 e. The molecule has 9 aromatic carbocycles. The van der Waals surface area contributed by atoms with E-state index in [1.54, 1.807) is 6.07 Å². The van der Waals surface area contributed by atoms with Gasteiger partial charge in [-0.15, -0.1) is 0 Å². The number of furan rings is 2. The van der Waals surface area contributed by atoms with E-state index in [0.29, 0.717) is 33.4 Å². The van der Waals surface area contributed by atoms with Crippen LogP contribution in [-0.4, -0.2) is 0 Å². The highest BCUT2D eigenvalue weighted by atomic mass is 16.3. The molecule has 2 heterocycles. The third-order valence-electron chi connectivity index (χ3n) is 9.70. The van der Waals surface area contributed by atoms with Crippen LogP contribution in [0.3, 0.4) is 0 Å². The first kappa shape index (κ1) is 19.3. The molecular weight excluding hydrogens is 585 g/mol. The summed E-state index contributed by atoms with van der Waals surface area (Å²) in [6, 6.07) is 31.8. The first-order valence-electron chi connectivity index (χ1n) is 19.8. The van der Waals surface area contributed by atoms with Crippen molar-refractivity contribution in [3.63, 3.8) is 0 Å². The van der Waals surface area contributed by atoms with Crippen LogP contribution in [0.25, 0.3) is 109 Å². The molecule has 2 aromatic heterocycles. The summed E-state index contributed by atoms with van der Waals surface area (Å²) in [5, 5.41) is 7.66. The molecule has 0 saturated carbocycles. The Morgan fingerprint density at radius 1 is 0.354 bits per heavy atom. The molecule has 0 aliphatic rings. The van der Waals surface area contributed by atoms with Gasteiger partial charge in [0.1, 0.15) is 22.3 Å². The van der Waals surface area contributed by atoms with Gasteiger partial charge in [-0.3, -0.25) is 0 Å². The molecule has 0 fully saturated rings. The molecule has 2 heteroatoms. The highest BCUT2D eigenvalue weighted by Crippen LogP contribution is 2.48. The number of benzene rings is 9. The van der Waals surface area contributed by atoms with Crippen molar-refractivity contribution in [2.75, 3.05) is 0 Å². The molecule has 0 aliphatic carbocycles. The summed E-state index contributed by atoms with van der Waals surface area (Å²) in [6.45, 7) is 0. The summed E-state index contributed by atoms with van der Waals surface area (Å²) in [4.78, 5) is 0. The molecule has 0 atom stereocenters. The van der Waals surface area contributed by atoms with Gasteiger partial charge in [0.15, 0.2) is 0 Å². The third kappa shape index (κ3) is 3.46. The lowest BCUT2D eigenvalue weighted by Gasteiger charge is -2.19. The van der Waals surface area contributed by atoms with Crippen LogP contribution in [0.4, 0.5) is 0 Å². The van der Waals surface area contributed by atoms with Crippen LogP contribution in [0.15, 0.2) is 166 Å². The summed E-state index contributed by atoms with van der Waals surface area (Å²) in [5.74, 6) is 0. The fourth-order valence-electron chi connectivity index (χ4n) is 7.64. The zero-order chi connectivity index (χ0) is 38.3. The minimum Gasteiger partial charge on any atom is -0.456 e. The first-order valence-corrected chi connectivity index (χ1v) is 15.8. The van der Waals surface area contributed by atoms with Gasteiger partial charge < -0.3 is 8.83 Å². The van der Waals surface area contributed by atoms with Crippen molar-refractivity contribution in [1.29, 1.82) is 0 Å². The van der Waals surface area contributed by atoms with Crippen LogP contribution in [0.2, 0.25) is 0 Å². The molecule has 0 amide bonds. The first-order chi connectivity index (χ1) is 27.1. The van der Waals surface area contributed by atoms with Gasteiger partial charge in [-0.05, 0) is 66.3 Å². The fourth-order valence-corrected chi connectivity index (χ4v) is 7.64. The molecule has 11 aromatic rings. The fraction of sp³-hybridized carbons (Fsp3) is 0. The molecule has 11 rings (SSSR count). The Morgan fingerprint density at radius 2 is 0.938 bits per heavy atom. The van der Waals surface area contributed by atoms with E-state index < -0.39 is 24.2 Å². The minimum absolute atomic E-state index is 0.133. The molecule has 0 unspecified atom stereocenters. The number of hydrogen-bond donors (Lipinski definition) is 0. The van der Waals surface area contributed by atoms with E-state index in [1.165, 1.54) is 0 Å². The average molecular weight is 619 g/mol. The van der Waals surface area contributed by atoms with E-state index in [4.69, 9.17) is 14.3 Å². The van der Waals surface area contributed by atoms with Crippen LogP contribution < -0.4 is 0 Å². The number of para-hydroxylation sites is 2. The predicted molar refractivity (Wildman–Crippen MR) is 202 cm³/mol. The highest BCUT2D eigenvalue weighted by Gasteiger charge is 2.22. The lowest BCUT2D eigenvalue weighted by atomic mass is 9.84. The smallest absolute Gasteiger partial charge is 0.143 e. The SMILES string of the molecule is [2H]c1c([2H])c([2H])c2c(-c3cccc4c3oc3cc5oc6ccccc6c5cc34)c3c([2H])c([2H])c([2H])c([2H])c3c(-c3cccc4c3ccc3ccccc34)c2c1[2H]. The summed E-state index contributed by atoms with van der Waals surface area (Å²) >= 11 is 0. The van der Waals surface area contributed by atoms with Gasteiger partial charge in [0.05, 0.1) is 11.0 Å². The quantitative estimate of drug-likeness (QED) is 0.142. The second-order valence-corrected chi connectivity index (χ2v) is 12.2. The molecule has 2 nitrogen and oxygen atoms in total.